The normalized spacial score (nSPS) is 11.2. The summed E-state index contributed by atoms with van der Waals surface area (Å²) in [5.74, 6) is -0.0159. The first-order valence-corrected chi connectivity index (χ1v) is 9.54. The van der Waals surface area contributed by atoms with Crippen LogP contribution in [0.4, 0.5) is 0 Å². The van der Waals surface area contributed by atoms with Crippen LogP contribution in [-0.4, -0.2) is 9.67 Å². The Kier molecular flexibility index (Phi) is 4.10. The van der Waals surface area contributed by atoms with E-state index in [9.17, 15) is 9.90 Å². The van der Waals surface area contributed by atoms with E-state index in [-0.39, 0.29) is 11.4 Å². The van der Waals surface area contributed by atoms with Gasteiger partial charge in [-0.3, -0.25) is 0 Å². The van der Waals surface area contributed by atoms with Crippen LogP contribution in [0.1, 0.15) is 11.1 Å². The lowest BCUT2D eigenvalue weighted by Gasteiger charge is -2.10. The number of rotatable bonds is 3. The molecule has 0 aliphatic heterocycles. The lowest BCUT2D eigenvalue weighted by molar-refractivity contribution is -0.498. The van der Waals surface area contributed by atoms with Gasteiger partial charge >= 0.3 is 5.56 Å². The van der Waals surface area contributed by atoms with Crippen LogP contribution in [0, 0.1) is 0 Å². The minimum absolute atomic E-state index is 0.0159. The van der Waals surface area contributed by atoms with Crippen molar-refractivity contribution in [1.29, 1.82) is 0 Å². The third-order valence-corrected chi connectivity index (χ3v) is 5.23. The van der Waals surface area contributed by atoms with E-state index in [2.05, 4.69) is 0 Å². The number of para-hydroxylation sites is 2. The van der Waals surface area contributed by atoms with Crippen LogP contribution in [0.25, 0.3) is 22.2 Å². The van der Waals surface area contributed by atoms with Gasteiger partial charge in [-0.25, -0.2) is 4.79 Å². The highest BCUT2D eigenvalue weighted by atomic mass is 16.3. The van der Waals surface area contributed by atoms with Gasteiger partial charge in [-0.05, 0) is 29.8 Å². The van der Waals surface area contributed by atoms with Crippen LogP contribution >= 0.6 is 0 Å². The van der Waals surface area contributed by atoms with Crippen molar-refractivity contribution in [3.05, 3.63) is 119 Å². The van der Waals surface area contributed by atoms with Crippen LogP contribution in [0.15, 0.2) is 102 Å². The third kappa shape index (κ3) is 2.86. The molecule has 0 saturated carbocycles. The van der Waals surface area contributed by atoms with Crippen molar-refractivity contribution >= 4 is 16.6 Å². The van der Waals surface area contributed by atoms with Gasteiger partial charge in [0.15, 0.2) is 0 Å². The molecule has 5 rings (SSSR count). The van der Waals surface area contributed by atoms with Crippen LogP contribution < -0.4 is 9.96 Å². The van der Waals surface area contributed by atoms with Crippen LogP contribution in [0.2, 0.25) is 0 Å². The van der Waals surface area contributed by atoms with E-state index in [4.69, 9.17) is 0 Å². The van der Waals surface area contributed by atoms with Gasteiger partial charge in [0.2, 0.25) is 0 Å². The van der Waals surface area contributed by atoms with Crippen molar-refractivity contribution in [1.82, 2.24) is 4.57 Å². The lowest BCUT2D eigenvalue weighted by atomic mass is 10.1. The minimum Gasteiger partial charge on any atom is -0.477 e. The summed E-state index contributed by atoms with van der Waals surface area (Å²) in [6.07, 6.45) is 0.352. The Morgan fingerprint density at radius 3 is 2.17 bits per heavy atom. The molecule has 0 fully saturated rings. The average molecular weight is 379 g/mol. The summed E-state index contributed by atoms with van der Waals surface area (Å²) in [5, 5.41) is 12.2. The quantitative estimate of drug-likeness (QED) is 0.380. The molecular weight excluding hydrogens is 360 g/mol. The molecule has 0 aliphatic rings. The molecule has 0 unspecified atom stereocenters. The molecule has 4 nitrogen and oxygen atoms in total. The molecular formula is C25H19N2O2+. The number of hydrogen-bond donors (Lipinski definition) is 1. The van der Waals surface area contributed by atoms with Gasteiger partial charge in [-0.1, -0.05) is 66.7 Å². The maximum absolute atomic E-state index is 13.5. The first-order chi connectivity index (χ1) is 14.2. The first kappa shape index (κ1) is 17.2. The van der Waals surface area contributed by atoms with E-state index >= 15 is 0 Å². The topological polar surface area (TPSA) is 46.3 Å². The third-order valence-electron chi connectivity index (χ3n) is 5.23. The highest BCUT2D eigenvalue weighted by Crippen LogP contribution is 2.20. The Hall–Kier alpha value is -3.92. The van der Waals surface area contributed by atoms with Gasteiger partial charge in [-0.2, -0.15) is 8.97 Å². The Bertz CT molecular complexity index is 1390. The molecule has 3 aromatic carbocycles. The number of aromatic hydroxyl groups is 1. The Balaban J connectivity index is 1.92. The van der Waals surface area contributed by atoms with Gasteiger partial charge < -0.3 is 5.11 Å². The molecule has 29 heavy (non-hydrogen) atoms. The maximum atomic E-state index is 13.5. The van der Waals surface area contributed by atoms with Crippen molar-refractivity contribution in [2.24, 2.45) is 0 Å². The van der Waals surface area contributed by atoms with Gasteiger partial charge in [0, 0.05) is 17.9 Å². The SMILES string of the molecule is O=c1c(Cc2ccccc2)c(O)[n+]2c3ccccc3ccc2n1-c1ccccc1. The van der Waals surface area contributed by atoms with E-state index < -0.39 is 0 Å². The number of fused-ring (bicyclic) bond motifs is 3. The predicted molar refractivity (Wildman–Crippen MR) is 114 cm³/mol. The molecule has 0 bridgehead atoms. The van der Waals surface area contributed by atoms with Crippen molar-refractivity contribution in [3.63, 3.8) is 0 Å². The van der Waals surface area contributed by atoms with Crippen molar-refractivity contribution in [2.75, 3.05) is 0 Å². The predicted octanol–water partition coefficient (Wildman–Crippen LogP) is 4.03. The minimum atomic E-state index is -0.215. The zero-order chi connectivity index (χ0) is 19.8. The fraction of sp³-hybridized carbons (Fsp3) is 0.0400. The van der Waals surface area contributed by atoms with Gasteiger partial charge in [0.1, 0.15) is 16.8 Å². The Labute approximate surface area is 167 Å². The standard InChI is InChI=1S/C25H18N2O2/c28-24-21(17-18-9-3-1-4-10-18)25(29)27-22-14-8-7-11-19(22)15-16-23(27)26(24)20-12-5-2-6-13-20/h1-16H,17H2/p+1. The summed E-state index contributed by atoms with van der Waals surface area (Å²) < 4.78 is 3.44. The largest absolute Gasteiger partial charge is 0.477 e. The zero-order valence-electron chi connectivity index (χ0n) is 15.7. The highest BCUT2D eigenvalue weighted by molar-refractivity contribution is 5.77. The van der Waals surface area contributed by atoms with Gasteiger partial charge in [0.25, 0.3) is 11.5 Å². The zero-order valence-corrected chi connectivity index (χ0v) is 15.7. The molecule has 1 N–H and O–H groups in total. The average Bonchev–Trinajstić information content (AvgIpc) is 2.78. The molecule has 0 radical (unpaired) electrons. The van der Waals surface area contributed by atoms with Gasteiger partial charge in [-0.15, -0.1) is 0 Å². The van der Waals surface area contributed by atoms with Crippen LogP contribution in [-0.2, 0) is 6.42 Å². The fourth-order valence-electron chi connectivity index (χ4n) is 3.84. The number of nitrogens with zero attached hydrogens (tertiary/aromatic N) is 2. The maximum Gasteiger partial charge on any atom is 0.350 e. The monoisotopic (exact) mass is 379 g/mol. The molecule has 0 atom stereocenters. The Morgan fingerprint density at radius 1 is 0.759 bits per heavy atom. The molecule has 5 aromatic rings. The van der Waals surface area contributed by atoms with E-state index in [1.807, 2.05) is 97.1 Å². The van der Waals surface area contributed by atoms with Crippen LogP contribution in [0.3, 0.4) is 0 Å². The number of hydrogen-bond acceptors (Lipinski definition) is 2. The second-order valence-electron chi connectivity index (χ2n) is 7.03. The summed E-state index contributed by atoms with van der Waals surface area (Å²) in [6, 6.07) is 31.0. The van der Waals surface area contributed by atoms with E-state index in [0.29, 0.717) is 17.6 Å². The highest BCUT2D eigenvalue weighted by Gasteiger charge is 2.26. The first-order valence-electron chi connectivity index (χ1n) is 9.54. The van der Waals surface area contributed by atoms with Crippen molar-refractivity contribution in [3.8, 4) is 11.6 Å². The van der Waals surface area contributed by atoms with Gasteiger partial charge in [0.05, 0.1) is 0 Å². The number of aromatic nitrogens is 2. The summed E-state index contributed by atoms with van der Waals surface area (Å²) in [7, 11) is 0. The molecule has 0 amide bonds. The summed E-state index contributed by atoms with van der Waals surface area (Å²) >= 11 is 0. The molecule has 4 heteroatoms. The molecule has 140 valence electrons. The smallest absolute Gasteiger partial charge is 0.350 e. The molecule has 2 aromatic heterocycles. The number of pyridine rings is 1. The summed E-state index contributed by atoms with van der Waals surface area (Å²) in [4.78, 5) is 13.5. The summed E-state index contributed by atoms with van der Waals surface area (Å²) in [5.41, 5.74) is 3.36. The van der Waals surface area contributed by atoms with E-state index in [1.54, 1.807) is 8.97 Å². The molecule has 2 heterocycles. The van der Waals surface area contributed by atoms with Crippen LogP contribution in [0.5, 0.6) is 5.88 Å². The summed E-state index contributed by atoms with van der Waals surface area (Å²) in [6.45, 7) is 0. The van der Waals surface area contributed by atoms with Crippen molar-refractivity contribution < 1.29 is 9.51 Å². The second-order valence-corrected chi connectivity index (χ2v) is 7.03. The number of benzene rings is 3. The molecule has 0 saturated heterocycles. The van der Waals surface area contributed by atoms with E-state index in [1.165, 1.54) is 0 Å². The molecule has 0 aliphatic carbocycles. The lowest BCUT2D eigenvalue weighted by Crippen LogP contribution is -2.36. The Morgan fingerprint density at radius 2 is 1.41 bits per heavy atom. The van der Waals surface area contributed by atoms with Crippen molar-refractivity contribution in [2.45, 2.75) is 6.42 Å². The second kappa shape index (κ2) is 6.91. The fourth-order valence-corrected chi connectivity index (χ4v) is 3.84. The van der Waals surface area contributed by atoms with E-state index in [0.717, 1.165) is 22.2 Å². The molecule has 0 spiro atoms.